The van der Waals surface area contributed by atoms with E-state index in [0.717, 1.165) is 23.3 Å². The zero-order chi connectivity index (χ0) is 14.3. The molecule has 1 unspecified atom stereocenters. The standard InChI is InChI=1S/C17H15FO2/c1-10-7-14-8-13(4-6-17(14)20-10)15-9-12(11(2)19)3-5-16(15)18/h3-6,8-10H,7H2,1-2H3. The number of ether oxygens (including phenoxy) is 1. The van der Waals surface area contributed by atoms with E-state index in [1.165, 1.54) is 19.1 Å². The van der Waals surface area contributed by atoms with Crippen LogP contribution in [0.4, 0.5) is 4.39 Å². The molecule has 0 saturated heterocycles. The predicted molar refractivity (Wildman–Crippen MR) is 75.6 cm³/mol. The number of carbonyl (C=O) groups is 1. The van der Waals surface area contributed by atoms with Crippen LogP contribution in [0, 0.1) is 5.82 Å². The summed E-state index contributed by atoms with van der Waals surface area (Å²) in [5, 5.41) is 0. The third-order valence-corrected chi connectivity index (χ3v) is 3.58. The quantitative estimate of drug-likeness (QED) is 0.770. The summed E-state index contributed by atoms with van der Waals surface area (Å²) in [4.78, 5) is 11.4. The first-order valence-electron chi connectivity index (χ1n) is 6.65. The SMILES string of the molecule is CC(=O)c1ccc(F)c(-c2ccc3c(c2)CC(C)O3)c1. The van der Waals surface area contributed by atoms with E-state index in [9.17, 15) is 9.18 Å². The van der Waals surface area contributed by atoms with Gasteiger partial charge in [0.1, 0.15) is 17.7 Å². The molecule has 0 bridgehead atoms. The summed E-state index contributed by atoms with van der Waals surface area (Å²) in [5.74, 6) is 0.482. The molecular formula is C17H15FO2. The Labute approximate surface area is 117 Å². The van der Waals surface area contributed by atoms with E-state index >= 15 is 0 Å². The minimum atomic E-state index is -0.318. The van der Waals surface area contributed by atoms with E-state index in [4.69, 9.17) is 4.74 Å². The molecule has 2 aromatic carbocycles. The molecule has 3 rings (SSSR count). The topological polar surface area (TPSA) is 26.3 Å². The average molecular weight is 270 g/mol. The summed E-state index contributed by atoms with van der Waals surface area (Å²) in [6, 6.07) is 10.1. The molecule has 0 radical (unpaired) electrons. The molecule has 1 atom stereocenters. The highest BCUT2D eigenvalue weighted by Gasteiger charge is 2.20. The smallest absolute Gasteiger partial charge is 0.159 e. The number of fused-ring (bicyclic) bond motifs is 1. The van der Waals surface area contributed by atoms with Crippen LogP contribution in [0.1, 0.15) is 29.8 Å². The van der Waals surface area contributed by atoms with Crippen molar-refractivity contribution in [3.05, 3.63) is 53.3 Å². The van der Waals surface area contributed by atoms with Gasteiger partial charge in [0, 0.05) is 17.5 Å². The van der Waals surface area contributed by atoms with Crippen LogP contribution in [0.3, 0.4) is 0 Å². The first-order valence-corrected chi connectivity index (χ1v) is 6.65. The van der Waals surface area contributed by atoms with Gasteiger partial charge in [-0.2, -0.15) is 0 Å². The molecular weight excluding hydrogens is 255 g/mol. The molecule has 0 saturated carbocycles. The molecule has 2 nitrogen and oxygen atoms in total. The van der Waals surface area contributed by atoms with Gasteiger partial charge in [0.2, 0.25) is 0 Å². The largest absolute Gasteiger partial charge is 0.490 e. The van der Waals surface area contributed by atoms with Crippen LogP contribution in [-0.4, -0.2) is 11.9 Å². The van der Waals surface area contributed by atoms with Gasteiger partial charge < -0.3 is 4.74 Å². The van der Waals surface area contributed by atoms with Crippen molar-refractivity contribution in [3.63, 3.8) is 0 Å². The summed E-state index contributed by atoms with van der Waals surface area (Å²) < 4.78 is 19.6. The molecule has 0 spiro atoms. The minimum Gasteiger partial charge on any atom is -0.490 e. The Morgan fingerprint density at radius 3 is 2.80 bits per heavy atom. The van der Waals surface area contributed by atoms with Gasteiger partial charge in [-0.05, 0) is 55.3 Å². The highest BCUT2D eigenvalue weighted by atomic mass is 19.1. The van der Waals surface area contributed by atoms with E-state index in [2.05, 4.69) is 0 Å². The number of hydrogen-bond acceptors (Lipinski definition) is 2. The second-order valence-corrected chi connectivity index (χ2v) is 5.21. The van der Waals surface area contributed by atoms with Crippen molar-refractivity contribution < 1.29 is 13.9 Å². The lowest BCUT2D eigenvalue weighted by molar-refractivity contribution is 0.101. The summed E-state index contributed by atoms with van der Waals surface area (Å²) in [7, 11) is 0. The minimum absolute atomic E-state index is 0.0654. The van der Waals surface area contributed by atoms with Crippen molar-refractivity contribution >= 4 is 5.78 Å². The van der Waals surface area contributed by atoms with Gasteiger partial charge in [0.25, 0.3) is 0 Å². The third kappa shape index (κ3) is 2.20. The van der Waals surface area contributed by atoms with Crippen LogP contribution < -0.4 is 4.74 Å². The fourth-order valence-electron chi connectivity index (χ4n) is 2.56. The lowest BCUT2D eigenvalue weighted by atomic mass is 9.98. The summed E-state index contributed by atoms with van der Waals surface area (Å²) in [6.45, 7) is 3.49. The molecule has 1 aliphatic rings. The average Bonchev–Trinajstić information content (AvgIpc) is 2.78. The first kappa shape index (κ1) is 12.9. The Hall–Kier alpha value is -2.16. The fraction of sp³-hybridized carbons (Fsp3) is 0.235. The van der Waals surface area contributed by atoms with Gasteiger partial charge in [-0.15, -0.1) is 0 Å². The van der Waals surface area contributed by atoms with Gasteiger partial charge in [-0.3, -0.25) is 4.79 Å². The molecule has 2 aromatic rings. The van der Waals surface area contributed by atoms with E-state index < -0.39 is 0 Å². The number of rotatable bonds is 2. The van der Waals surface area contributed by atoms with Gasteiger partial charge in [-0.1, -0.05) is 6.07 Å². The molecule has 20 heavy (non-hydrogen) atoms. The van der Waals surface area contributed by atoms with Crippen LogP contribution >= 0.6 is 0 Å². The Morgan fingerprint density at radius 1 is 1.25 bits per heavy atom. The fourth-order valence-corrected chi connectivity index (χ4v) is 2.56. The molecule has 1 aliphatic heterocycles. The number of carbonyl (C=O) groups excluding carboxylic acids is 1. The lowest BCUT2D eigenvalue weighted by Gasteiger charge is -2.07. The van der Waals surface area contributed by atoms with Crippen molar-refractivity contribution in [2.45, 2.75) is 26.4 Å². The summed E-state index contributed by atoms with van der Waals surface area (Å²) in [5.41, 5.74) is 2.84. The maximum atomic E-state index is 14.0. The van der Waals surface area contributed by atoms with Crippen molar-refractivity contribution in [1.82, 2.24) is 0 Å². The van der Waals surface area contributed by atoms with Crippen LogP contribution in [0.5, 0.6) is 5.75 Å². The Bertz CT molecular complexity index is 691. The monoisotopic (exact) mass is 270 g/mol. The first-order chi connectivity index (χ1) is 9.54. The van der Waals surface area contributed by atoms with E-state index in [1.807, 2.05) is 25.1 Å². The van der Waals surface area contributed by atoms with Gasteiger partial charge in [0.15, 0.2) is 5.78 Å². The molecule has 1 heterocycles. The van der Waals surface area contributed by atoms with Crippen LogP contribution in [0.15, 0.2) is 36.4 Å². The molecule has 0 N–H and O–H groups in total. The molecule has 3 heteroatoms. The molecule has 0 amide bonds. The molecule has 0 fully saturated rings. The molecule has 102 valence electrons. The predicted octanol–water partition coefficient (Wildman–Crippen LogP) is 4.02. The van der Waals surface area contributed by atoms with E-state index in [1.54, 1.807) is 6.07 Å². The van der Waals surface area contributed by atoms with E-state index in [-0.39, 0.29) is 17.7 Å². The van der Waals surface area contributed by atoms with Crippen LogP contribution in [-0.2, 0) is 6.42 Å². The second kappa shape index (κ2) is 4.75. The van der Waals surface area contributed by atoms with Crippen molar-refractivity contribution in [2.75, 3.05) is 0 Å². The van der Waals surface area contributed by atoms with Crippen LogP contribution in [0.25, 0.3) is 11.1 Å². The Kier molecular flexibility index (Phi) is 3.05. The van der Waals surface area contributed by atoms with Crippen LogP contribution in [0.2, 0.25) is 0 Å². The number of benzene rings is 2. The van der Waals surface area contributed by atoms with Crippen molar-refractivity contribution in [2.24, 2.45) is 0 Å². The normalized spacial score (nSPS) is 16.6. The van der Waals surface area contributed by atoms with Crippen molar-refractivity contribution in [1.29, 1.82) is 0 Å². The Balaban J connectivity index is 2.08. The number of ketones is 1. The molecule has 0 aromatic heterocycles. The van der Waals surface area contributed by atoms with Gasteiger partial charge in [0.05, 0.1) is 0 Å². The second-order valence-electron chi connectivity index (χ2n) is 5.21. The Morgan fingerprint density at radius 2 is 2.05 bits per heavy atom. The maximum Gasteiger partial charge on any atom is 0.159 e. The number of halogens is 1. The third-order valence-electron chi connectivity index (χ3n) is 3.58. The molecule has 0 aliphatic carbocycles. The zero-order valence-electron chi connectivity index (χ0n) is 11.4. The van der Waals surface area contributed by atoms with E-state index in [0.29, 0.717) is 11.1 Å². The number of Topliss-reactive ketones (excluding diaryl/α,β-unsaturated/α-hetero) is 1. The number of hydrogen-bond donors (Lipinski definition) is 0. The maximum absolute atomic E-state index is 14.0. The zero-order valence-corrected chi connectivity index (χ0v) is 11.4. The lowest BCUT2D eigenvalue weighted by Crippen LogP contribution is -2.05. The van der Waals surface area contributed by atoms with Gasteiger partial charge in [-0.25, -0.2) is 4.39 Å². The van der Waals surface area contributed by atoms with Gasteiger partial charge >= 0.3 is 0 Å². The summed E-state index contributed by atoms with van der Waals surface area (Å²) in [6.07, 6.45) is 0.991. The highest BCUT2D eigenvalue weighted by molar-refractivity contribution is 5.95. The van der Waals surface area contributed by atoms with Crippen molar-refractivity contribution in [3.8, 4) is 16.9 Å². The summed E-state index contributed by atoms with van der Waals surface area (Å²) >= 11 is 0. The highest BCUT2D eigenvalue weighted by Crippen LogP contribution is 2.34.